The summed E-state index contributed by atoms with van der Waals surface area (Å²) >= 11 is 0. The summed E-state index contributed by atoms with van der Waals surface area (Å²) in [6.07, 6.45) is 0. The normalized spacial score (nSPS) is 19.3. The monoisotopic (exact) mass is 517 g/mol. The highest BCUT2D eigenvalue weighted by atomic mass is 19.1. The van der Waals surface area contributed by atoms with Crippen LogP contribution >= 0.6 is 0 Å². The minimum atomic E-state index is -0.612. The van der Waals surface area contributed by atoms with Gasteiger partial charge in [-0.2, -0.15) is 0 Å². The molecule has 1 saturated heterocycles. The molecule has 3 aromatic rings. The zero-order chi connectivity index (χ0) is 26.6. The van der Waals surface area contributed by atoms with E-state index in [-0.39, 0.29) is 17.6 Å². The molecular weight excluding hydrogens is 485 g/mol. The van der Waals surface area contributed by atoms with E-state index in [9.17, 15) is 14.0 Å². The summed E-state index contributed by atoms with van der Waals surface area (Å²) < 4.78 is 24.4. The number of carbonyl (C=O) groups is 2. The Bertz CT molecular complexity index is 1270. The molecule has 0 aliphatic carbocycles. The highest BCUT2D eigenvalue weighted by Crippen LogP contribution is 2.43. The second-order valence-electron chi connectivity index (χ2n) is 9.56. The third-order valence-electron chi connectivity index (χ3n) is 7.48. The van der Waals surface area contributed by atoms with Crippen LogP contribution in [0.15, 0.2) is 72.8 Å². The zero-order valence-electron chi connectivity index (χ0n) is 21.7. The number of ether oxygens (including phenoxy) is 2. The number of nitrogens with zero attached hydrogens (tertiary/aromatic N) is 3. The number of rotatable bonds is 7. The zero-order valence-corrected chi connectivity index (χ0v) is 21.7. The van der Waals surface area contributed by atoms with E-state index < -0.39 is 12.0 Å². The van der Waals surface area contributed by atoms with Gasteiger partial charge in [-0.15, -0.1) is 0 Å². The van der Waals surface area contributed by atoms with Gasteiger partial charge in [-0.1, -0.05) is 30.3 Å². The molecule has 5 rings (SSSR count). The van der Waals surface area contributed by atoms with Crippen LogP contribution in [0.3, 0.4) is 0 Å². The van der Waals surface area contributed by atoms with E-state index >= 15 is 0 Å². The van der Waals surface area contributed by atoms with Crippen molar-refractivity contribution in [1.29, 1.82) is 0 Å². The number of carbonyl (C=O) groups excluding carboxylic acids is 2. The summed E-state index contributed by atoms with van der Waals surface area (Å²) in [7, 11) is 3.23. The molecule has 2 atom stereocenters. The lowest BCUT2D eigenvalue weighted by Gasteiger charge is -2.44. The molecule has 0 radical (unpaired) electrons. The quantitative estimate of drug-likeness (QED) is 0.472. The number of methoxy groups -OCH3 is 2. The second kappa shape index (κ2) is 11.2. The number of halogens is 1. The van der Waals surface area contributed by atoms with E-state index in [0.29, 0.717) is 50.5 Å². The average Bonchev–Trinajstić information content (AvgIpc) is 2.97. The number of piperazine rings is 1. The maximum atomic E-state index is 14.3. The molecule has 2 aliphatic rings. The Labute approximate surface area is 222 Å². The lowest BCUT2D eigenvalue weighted by molar-refractivity contribution is -0.135. The molecule has 0 saturated carbocycles. The predicted octanol–water partition coefficient (Wildman–Crippen LogP) is 4.11. The summed E-state index contributed by atoms with van der Waals surface area (Å²) in [5.74, 6) is -0.356. The molecule has 0 aromatic heterocycles. The third kappa shape index (κ3) is 4.96. The minimum Gasteiger partial charge on any atom is -0.497 e. The number of hydrogen-bond acceptors (Lipinski definition) is 5. The lowest BCUT2D eigenvalue weighted by atomic mass is 9.78. The highest BCUT2D eigenvalue weighted by Gasteiger charge is 2.45. The van der Waals surface area contributed by atoms with Gasteiger partial charge < -0.3 is 24.2 Å². The van der Waals surface area contributed by atoms with E-state index in [1.54, 1.807) is 37.3 Å². The molecule has 0 bridgehead atoms. The first-order valence-corrected chi connectivity index (χ1v) is 12.8. The highest BCUT2D eigenvalue weighted by molar-refractivity contribution is 6.01. The molecule has 0 spiro atoms. The maximum absolute atomic E-state index is 14.3. The van der Waals surface area contributed by atoms with Crippen molar-refractivity contribution in [3.8, 4) is 5.75 Å². The molecule has 198 valence electrons. The molecule has 2 aliphatic heterocycles. The number of anilines is 1. The SMILES string of the molecule is COCCN1C(=O)c2ccccc2C(C(=O)N2CCN(c3ccc(OC)cc3)CC2)C1c1ccc(F)cc1. The van der Waals surface area contributed by atoms with Crippen LogP contribution in [0.2, 0.25) is 0 Å². The van der Waals surface area contributed by atoms with Gasteiger partial charge in [-0.25, -0.2) is 4.39 Å². The van der Waals surface area contributed by atoms with Crippen LogP contribution in [-0.2, 0) is 9.53 Å². The van der Waals surface area contributed by atoms with Crippen molar-refractivity contribution in [2.24, 2.45) is 0 Å². The average molecular weight is 518 g/mol. The summed E-state index contributed by atoms with van der Waals surface area (Å²) in [6.45, 7) is 3.16. The Balaban J connectivity index is 1.46. The van der Waals surface area contributed by atoms with E-state index in [1.165, 1.54) is 12.1 Å². The number of hydrogen-bond donors (Lipinski definition) is 0. The first kappa shape index (κ1) is 25.7. The van der Waals surface area contributed by atoms with Gasteiger partial charge in [0.2, 0.25) is 5.91 Å². The van der Waals surface area contributed by atoms with Gasteiger partial charge in [-0.05, 0) is 53.6 Å². The van der Waals surface area contributed by atoms with Crippen LogP contribution in [0, 0.1) is 5.82 Å². The Morgan fingerprint density at radius 1 is 0.921 bits per heavy atom. The summed E-state index contributed by atoms with van der Waals surface area (Å²) in [5, 5.41) is 0. The molecule has 8 heteroatoms. The molecule has 7 nitrogen and oxygen atoms in total. The first-order valence-electron chi connectivity index (χ1n) is 12.8. The van der Waals surface area contributed by atoms with Crippen molar-refractivity contribution in [2.75, 3.05) is 58.5 Å². The molecule has 2 amide bonds. The van der Waals surface area contributed by atoms with Crippen LogP contribution in [0.5, 0.6) is 5.75 Å². The Morgan fingerprint density at radius 2 is 1.61 bits per heavy atom. The Morgan fingerprint density at radius 3 is 2.26 bits per heavy atom. The van der Waals surface area contributed by atoms with Crippen molar-refractivity contribution < 1.29 is 23.5 Å². The fourth-order valence-corrected chi connectivity index (χ4v) is 5.50. The summed E-state index contributed by atoms with van der Waals surface area (Å²) in [4.78, 5) is 33.7. The van der Waals surface area contributed by atoms with Crippen LogP contribution in [-0.4, -0.2) is 75.2 Å². The van der Waals surface area contributed by atoms with E-state index in [4.69, 9.17) is 9.47 Å². The second-order valence-corrected chi connectivity index (χ2v) is 9.56. The molecule has 2 heterocycles. The van der Waals surface area contributed by atoms with E-state index in [2.05, 4.69) is 4.90 Å². The van der Waals surface area contributed by atoms with E-state index in [0.717, 1.165) is 17.0 Å². The standard InChI is InChI=1S/C30H32FN3O4/c1-37-20-19-34-28(21-7-9-22(31)10-8-21)27(25-5-3-4-6-26(25)29(34)35)30(36)33-17-15-32(16-18-33)23-11-13-24(38-2)14-12-23/h3-14,27-28H,15-20H2,1-2H3. The van der Waals surface area contributed by atoms with Gasteiger partial charge in [0, 0.05) is 51.1 Å². The maximum Gasteiger partial charge on any atom is 0.254 e. The number of amides is 2. The van der Waals surface area contributed by atoms with Gasteiger partial charge in [-0.3, -0.25) is 9.59 Å². The van der Waals surface area contributed by atoms with Crippen LogP contribution in [0.4, 0.5) is 10.1 Å². The Kier molecular flexibility index (Phi) is 7.60. The van der Waals surface area contributed by atoms with Gasteiger partial charge in [0.05, 0.1) is 25.7 Å². The van der Waals surface area contributed by atoms with Gasteiger partial charge in [0.25, 0.3) is 5.91 Å². The van der Waals surface area contributed by atoms with Crippen LogP contribution in [0.1, 0.15) is 33.4 Å². The molecular formula is C30H32FN3O4. The van der Waals surface area contributed by atoms with Crippen molar-refractivity contribution >= 4 is 17.5 Å². The largest absolute Gasteiger partial charge is 0.497 e. The van der Waals surface area contributed by atoms with Crippen LogP contribution < -0.4 is 9.64 Å². The first-order chi connectivity index (χ1) is 18.5. The third-order valence-corrected chi connectivity index (χ3v) is 7.48. The predicted molar refractivity (Wildman–Crippen MR) is 143 cm³/mol. The summed E-state index contributed by atoms with van der Waals surface area (Å²) in [5.41, 5.74) is 3.04. The lowest BCUT2D eigenvalue weighted by Crippen LogP contribution is -2.53. The molecule has 38 heavy (non-hydrogen) atoms. The summed E-state index contributed by atoms with van der Waals surface area (Å²) in [6, 6.07) is 20.8. The van der Waals surface area contributed by atoms with E-state index in [1.807, 2.05) is 47.4 Å². The minimum absolute atomic E-state index is 0.0314. The Hall–Kier alpha value is -3.91. The smallest absolute Gasteiger partial charge is 0.254 e. The van der Waals surface area contributed by atoms with Crippen molar-refractivity contribution in [3.05, 3.63) is 95.3 Å². The molecule has 2 unspecified atom stereocenters. The number of benzene rings is 3. The molecule has 1 fully saturated rings. The molecule has 0 N–H and O–H groups in total. The van der Waals surface area contributed by atoms with Crippen molar-refractivity contribution in [1.82, 2.24) is 9.80 Å². The van der Waals surface area contributed by atoms with Gasteiger partial charge in [0.15, 0.2) is 0 Å². The topological polar surface area (TPSA) is 62.3 Å². The molecule has 3 aromatic carbocycles. The van der Waals surface area contributed by atoms with Gasteiger partial charge in [0.1, 0.15) is 11.6 Å². The number of fused-ring (bicyclic) bond motifs is 1. The van der Waals surface area contributed by atoms with Crippen molar-refractivity contribution in [2.45, 2.75) is 12.0 Å². The van der Waals surface area contributed by atoms with Crippen LogP contribution in [0.25, 0.3) is 0 Å². The van der Waals surface area contributed by atoms with Gasteiger partial charge >= 0.3 is 0 Å². The fraction of sp³-hybridized carbons (Fsp3) is 0.333. The van der Waals surface area contributed by atoms with Crippen molar-refractivity contribution in [3.63, 3.8) is 0 Å². The fourth-order valence-electron chi connectivity index (χ4n) is 5.50.